The second-order valence-corrected chi connectivity index (χ2v) is 7.31. The van der Waals surface area contributed by atoms with Crippen LogP contribution in [-0.2, 0) is 0 Å². The van der Waals surface area contributed by atoms with E-state index >= 15 is 0 Å². The Balaban J connectivity index is 2.03. The number of carbonyl (C=O) groups is 2. The van der Waals surface area contributed by atoms with Crippen molar-refractivity contribution in [3.63, 3.8) is 0 Å². The molecule has 1 aliphatic rings. The highest BCUT2D eigenvalue weighted by atomic mass is 16.4. The maximum absolute atomic E-state index is 13.0. The molecule has 0 spiro atoms. The Bertz CT molecular complexity index is 912. The summed E-state index contributed by atoms with van der Waals surface area (Å²) in [5, 5.41) is 12.4. The summed E-state index contributed by atoms with van der Waals surface area (Å²) in [7, 11) is 0. The predicted molar refractivity (Wildman–Crippen MR) is 108 cm³/mol. The number of nitrogens with one attached hydrogen (secondary N) is 1. The van der Waals surface area contributed by atoms with Gasteiger partial charge in [0.2, 0.25) is 0 Å². The number of carbonyl (C=O) groups excluding carboxylic acids is 1. The van der Waals surface area contributed by atoms with Crippen molar-refractivity contribution in [3.05, 3.63) is 57.6 Å². The molecule has 0 aliphatic carbocycles. The number of hydrogen-bond acceptors (Lipinski definition) is 3. The SMILES string of the molecule is Cc1cc(C)c(N2CCCC2)c(C)c1NC(=O)c1c(C)cccc1C(=O)O. The van der Waals surface area contributed by atoms with Crippen molar-refractivity contribution < 1.29 is 14.7 Å². The average molecular weight is 366 g/mol. The Kier molecular flexibility index (Phi) is 5.22. The van der Waals surface area contributed by atoms with Gasteiger partial charge in [-0.25, -0.2) is 4.79 Å². The van der Waals surface area contributed by atoms with E-state index in [1.807, 2.05) is 13.8 Å². The van der Waals surface area contributed by atoms with Crippen LogP contribution in [0.25, 0.3) is 0 Å². The monoisotopic (exact) mass is 366 g/mol. The van der Waals surface area contributed by atoms with E-state index < -0.39 is 5.97 Å². The lowest BCUT2D eigenvalue weighted by molar-refractivity contribution is 0.0692. The molecule has 5 heteroatoms. The first-order chi connectivity index (χ1) is 12.8. The Morgan fingerprint density at radius 3 is 2.30 bits per heavy atom. The summed E-state index contributed by atoms with van der Waals surface area (Å²) < 4.78 is 0. The van der Waals surface area contributed by atoms with Crippen molar-refractivity contribution in [3.8, 4) is 0 Å². The Morgan fingerprint density at radius 1 is 1.00 bits per heavy atom. The van der Waals surface area contributed by atoms with Gasteiger partial charge in [0.25, 0.3) is 5.91 Å². The number of hydrogen-bond donors (Lipinski definition) is 2. The Morgan fingerprint density at radius 2 is 1.67 bits per heavy atom. The van der Waals surface area contributed by atoms with Crippen LogP contribution in [0.15, 0.2) is 24.3 Å². The zero-order valence-electron chi connectivity index (χ0n) is 16.3. The number of aromatic carboxylic acids is 1. The lowest BCUT2D eigenvalue weighted by atomic mass is 9.98. The predicted octanol–water partition coefficient (Wildman–Crippen LogP) is 4.47. The number of amides is 1. The van der Waals surface area contributed by atoms with Gasteiger partial charge >= 0.3 is 5.97 Å². The zero-order valence-corrected chi connectivity index (χ0v) is 16.3. The third-order valence-electron chi connectivity index (χ3n) is 5.32. The smallest absolute Gasteiger partial charge is 0.336 e. The quantitative estimate of drug-likeness (QED) is 0.837. The normalized spacial score (nSPS) is 13.7. The summed E-state index contributed by atoms with van der Waals surface area (Å²) in [5.74, 6) is -1.48. The molecule has 5 nitrogen and oxygen atoms in total. The molecule has 0 unspecified atom stereocenters. The molecule has 2 aromatic rings. The van der Waals surface area contributed by atoms with E-state index in [1.54, 1.807) is 19.1 Å². The second kappa shape index (κ2) is 7.43. The van der Waals surface area contributed by atoms with Gasteiger partial charge < -0.3 is 15.3 Å². The summed E-state index contributed by atoms with van der Waals surface area (Å²) in [5.41, 5.74) is 6.05. The van der Waals surface area contributed by atoms with E-state index in [2.05, 4.69) is 23.2 Å². The van der Waals surface area contributed by atoms with E-state index in [-0.39, 0.29) is 17.0 Å². The first kappa shape index (κ1) is 19.0. The highest BCUT2D eigenvalue weighted by molar-refractivity contribution is 6.12. The fourth-order valence-electron chi connectivity index (χ4n) is 4.12. The molecule has 0 saturated carbocycles. The topological polar surface area (TPSA) is 69.6 Å². The highest BCUT2D eigenvalue weighted by Crippen LogP contribution is 2.35. The minimum absolute atomic E-state index is 0.0229. The zero-order chi connectivity index (χ0) is 19.7. The molecule has 0 bridgehead atoms. The molecule has 0 atom stereocenters. The van der Waals surface area contributed by atoms with Gasteiger partial charge in [-0.15, -0.1) is 0 Å². The maximum atomic E-state index is 13.0. The van der Waals surface area contributed by atoms with E-state index in [1.165, 1.54) is 30.2 Å². The number of carboxylic acid groups (broad SMARTS) is 1. The van der Waals surface area contributed by atoms with Crippen LogP contribution in [-0.4, -0.2) is 30.1 Å². The van der Waals surface area contributed by atoms with Crippen molar-refractivity contribution >= 4 is 23.3 Å². The molecule has 2 aromatic carbocycles. The van der Waals surface area contributed by atoms with E-state index in [9.17, 15) is 14.7 Å². The third-order valence-corrected chi connectivity index (χ3v) is 5.32. The molecule has 2 N–H and O–H groups in total. The van der Waals surface area contributed by atoms with Crippen molar-refractivity contribution in [2.75, 3.05) is 23.3 Å². The van der Waals surface area contributed by atoms with Crippen molar-refractivity contribution in [1.82, 2.24) is 0 Å². The van der Waals surface area contributed by atoms with Crippen LogP contribution in [0.2, 0.25) is 0 Å². The van der Waals surface area contributed by atoms with Crippen LogP contribution in [0.3, 0.4) is 0 Å². The van der Waals surface area contributed by atoms with Crippen LogP contribution in [0.4, 0.5) is 11.4 Å². The molecule has 3 rings (SSSR count). The largest absolute Gasteiger partial charge is 0.478 e. The van der Waals surface area contributed by atoms with E-state index in [0.717, 1.165) is 29.9 Å². The van der Waals surface area contributed by atoms with Gasteiger partial charge in [-0.2, -0.15) is 0 Å². The van der Waals surface area contributed by atoms with E-state index in [4.69, 9.17) is 0 Å². The average Bonchev–Trinajstić information content (AvgIpc) is 3.12. The van der Waals surface area contributed by atoms with Crippen LogP contribution in [0, 0.1) is 27.7 Å². The Hall–Kier alpha value is -2.82. The van der Waals surface area contributed by atoms with Gasteiger partial charge in [0.15, 0.2) is 0 Å². The van der Waals surface area contributed by atoms with Gasteiger partial charge in [0.1, 0.15) is 0 Å². The van der Waals surface area contributed by atoms with Gasteiger partial charge in [-0.05, 0) is 68.9 Å². The standard InChI is InChI=1S/C22H26N2O3/c1-13-8-7-9-17(22(26)27)18(13)21(25)23-19-14(2)12-15(3)20(16(19)4)24-10-5-6-11-24/h7-9,12H,5-6,10-11H2,1-4H3,(H,23,25)(H,26,27). The van der Waals surface area contributed by atoms with E-state index in [0.29, 0.717) is 5.56 Å². The Labute approximate surface area is 160 Å². The highest BCUT2D eigenvalue weighted by Gasteiger charge is 2.23. The fourth-order valence-corrected chi connectivity index (χ4v) is 4.12. The third kappa shape index (κ3) is 3.54. The summed E-state index contributed by atoms with van der Waals surface area (Å²) in [4.78, 5) is 26.9. The first-order valence-corrected chi connectivity index (χ1v) is 9.31. The summed E-state index contributed by atoms with van der Waals surface area (Å²) in [6.45, 7) is 9.91. The molecule has 142 valence electrons. The number of rotatable bonds is 4. The molecule has 1 aliphatic heterocycles. The summed E-state index contributed by atoms with van der Waals surface area (Å²) in [6, 6.07) is 6.97. The minimum Gasteiger partial charge on any atom is -0.478 e. The van der Waals surface area contributed by atoms with Crippen molar-refractivity contribution in [2.45, 2.75) is 40.5 Å². The van der Waals surface area contributed by atoms with Crippen LogP contribution >= 0.6 is 0 Å². The number of benzene rings is 2. The summed E-state index contributed by atoms with van der Waals surface area (Å²) >= 11 is 0. The van der Waals surface area contributed by atoms with Gasteiger partial charge in [-0.1, -0.05) is 18.2 Å². The van der Waals surface area contributed by atoms with Crippen LogP contribution < -0.4 is 10.2 Å². The molecule has 1 fully saturated rings. The maximum Gasteiger partial charge on any atom is 0.336 e. The lowest BCUT2D eigenvalue weighted by Gasteiger charge is -2.26. The van der Waals surface area contributed by atoms with Gasteiger partial charge in [-0.3, -0.25) is 4.79 Å². The molecular weight excluding hydrogens is 340 g/mol. The molecule has 0 aromatic heterocycles. The number of anilines is 2. The number of nitrogens with zero attached hydrogens (tertiary/aromatic N) is 1. The van der Waals surface area contributed by atoms with Crippen molar-refractivity contribution in [2.24, 2.45) is 0 Å². The molecule has 27 heavy (non-hydrogen) atoms. The molecular formula is C22H26N2O3. The van der Waals surface area contributed by atoms with Crippen molar-refractivity contribution in [1.29, 1.82) is 0 Å². The number of aryl methyl sites for hydroxylation is 3. The molecule has 1 heterocycles. The molecule has 1 amide bonds. The number of carboxylic acids is 1. The summed E-state index contributed by atoms with van der Waals surface area (Å²) in [6.07, 6.45) is 2.36. The van der Waals surface area contributed by atoms with Gasteiger partial charge in [0, 0.05) is 24.5 Å². The van der Waals surface area contributed by atoms with Crippen LogP contribution in [0.1, 0.15) is 55.8 Å². The van der Waals surface area contributed by atoms with Crippen LogP contribution in [0.5, 0.6) is 0 Å². The lowest BCUT2D eigenvalue weighted by Crippen LogP contribution is -2.23. The first-order valence-electron chi connectivity index (χ1n) is 9.31. The fraction of sp³-hybridized carbons (Fsp3) is 0.364. The second-order valence-electron chi connectivity index (χ2n) is 7.31. The minimum atomic E-state index is -1.10. The molecule has 1 saturated heterocycles. The molecule has 0 radical (unpaired) electrons. The van der Waals surface area contributed by atoms with Gasteiger partial charge in [0.05, 0.1) is 11.1 Å².